The van der Waals surface area contributed by atoms with Crippen LogP contribution in [0.5, 0.6) is 0 Å². The molecule has 0 spiro atoms. The first-order valence-corrected chi connectivity index (χ1v) is 4.85. The van der Waals surface area contributed by atoms with Crippen molar-refractivity contribution in [1.29, 1.82) is 0 Å². The molecule has 0 fully saturated rings. The molecular formula is C10H8O2S. The van der Waals surface area contributed by atoms with E-state index in [-0.39, 0.29) is 0 Å². The Morgan fingerprint density at radius 3 is 3.15 bits per heavy atom. The number of rotatable bonds is 3. The van der Waals surface area contributed by atoms with Crippen molar-refractivity contribution < 1.29 is 9.53 Å². The standard InChI is InChI=1S/C10H8O2S/c11-7-12-5-8-1-2-9-6-13-4-3-10(8)9/h1-4,6-7H,5H2. The lowest BCUT2D eigenvalue weighted by molar-refractivity contribution is -0.129. The monoisotopic (exact) mass is 192 g/mol. The minimum absolute atomic E-state index is 0.363. The van der Waals surface area contributed by atoms with Gasteiger partial charge in [0.25, 0.3) is 6.47 Å². The van der Waals surface area contributed by atoms with E-state index in [0.29, 0.717) is 13.1 Å². The lowest BCUT2D eigenvalue weighted by Gasteiger charge is -2.01. The normalized spacial score (nSPS) is 10.2. The molecule has 0 aromatic rings. The molecule has 0 atom stereocenters. The summed E-state index contributed by atoms with van der Waals surface area (Å²) >= 11 is 1.66. The van der Waals surface area contributed by atoms with Crippen molar-refractivity contribution in [2.75, 3.05) is 0 Å². The third kappa shape index (κ3) is 1.55. The van der Waals surface area contributed by atoms with Gasteiger partial charge in [0.2, 0.25) is 0 Å². The van der Waals surface area contributed by atoms with Crippen LogP contribution < -0.4 is 0 Å². The largest absolute Gasteiger partial charge is 0.463 e. The molecule has 2 aliphatic rings. The van der Waals surface area contributed by atoms with Gasteiger partial charge in [-0.25, -0.2) is 0 Å². The Kier molecular flexibility index (Phi) is 2.27. The van der Waals surface area contributed by atoms with Gasteiger partial charge in [-0.3, -0.25) is 4.79 Å². The van der Waals surface area contributed by atoms with Gasteiger partial charge in [0.05, 0.1) is 0 Å². The van der Waals surface area contributed by atoms with Gasteiger partial charge in [0.1, 0.15) is 6.61 Å². The number of hydrogen-bond donors (Lipinski definition) is 0. The summed E-state index contributed by atoms with van der Waals surface area (Å²) in [5, 5.41) is 4.10. The summed E-state index contributed by atoms with van der Waals surface area (Å²) in [7, 11) is 0. The molecule has 2 rings (SSSR count). The van der Waals surface area contributed by atoms with Crippen LogP contribution in [0.15, 0.2) is 29.0 Å². The van der Waals surface area contributed by atoms with Gasteiger partial charge < -0.3 is 4.74 Å². The maximum Gasteiger partial charge on any atom is 0.293 e. The smallest absolute Gasteiger partial charge is 0.293 e. The summed E-state index contributed by atoms with van der Waals surface area (Å²) in [6, 6.07) is 6.07. The number of hydrogen-bond acceptors (Lipinski definition) is 3. The molecule has 0 aromatic heterocycles. The Labute approximate surface area is 80.1 Å². The first kappa shape index (κ1) is 8.26. The number of ether oxygens (including phenoxy) is 1. The second kappa shape index (κ2) is 3.58. The maximum atomic E-state index is 10.0. The van der Waals surface area contributed by atoms with Gasteiger partial charge in [-0.2, -0.15) is 11.3 Å². The average Bonchev–Trinajstić information content (AvgIpc) is 2.58. The molecule has 0 saturated heterocycles. The molecule has 0 bridgehead atoms. The molecular weight excluding hydrogens is 184 g/mol. The van der Waals surface area contributed by atoms with Crippen LogP contribution in [-0.2, 0) is 16.1 Å². The molecule has 66 valence electrons. The molecule has 0 N–H and O–H groups in total. The topological polar surface area (TPSA) is 26.3 Å². The van der Waals surface area contributed by atoms with Crippen LogP contribution >= 0.6 is 11.3 Å². The zero-order valence-electron chi connectivity index (χ0n) is 6.90. The van der Waals surface area contributed by atoms with Gasteiger partial charge in [0, 0.05) is 0 Å². The molecule has 0 saturated carbocycles. The summed E-state index contributed by atoms with van der Waals surface area (Å²) in [5.74, 6) is 0. The van der Waals surface area contributed by atoms with Crippen LogP contribution in [0, 0.1) is 0 Å². The Morgan fingerprint density at radius 1 is 1.38 bits per heavy atom. The van der Waals surface area contributed by atoms with Crippen molar-refractivity contribution in [3.05, 3.63) is 34.5 Å². The fourth-order valence-corrected chi connectivity index (χ4v) is 1.98. The lowest BCUT2D eigenvalue weighted by atomic mass is 10.1. The van der Waals surface area contributed by atoms with Crippen LogP contribution in [0.25, 0.3) is 11.1 Å². The highest BCUT2D eigenvalue weighted by molar-refractivity contribution is 7.07. The van der Waals surface area contributed by atoms with Crippen molar-refractivity contribution in [1.82, 2.24) is 0 Å². The molecule has 0 amide bonds. The van der Waals surface area contributed by atoms with Crippen LogP contribution in [0.1, 0.15) is 5.56 Å². The Hall–Kier alpha value is -1.35. The van der Waals surface area contributed by atoms with Gasteiger partial charge in [-0.05, 0) is 33.5 Å². The van der Waals surface area contributed by atoms with E-state index in [1.165, 1.54) is 11.1 Å². The maximum absolute atomic E-state index is 10.0. The van der Waals surface area contributed by atoms with Gasteiger partial charge in [-0.15, -0.1) is 0 Å². The summed E-state index contributed by atoms with van der Waals surface area (Å²) in [4.78, 5) is 10.0. The number of fused-ring (bicyclic) bond motifs is 1. The lowest BCUT2D eigenvalue weighted by Crippen LogP contribution is -1.89. The van der Waals surface area contributed by atoms with Crippen molar-refractivity contribution in [2.45, 2.75) is 6.61 Å². The zero-order valence-corrected chi connectivity index (χ0v) is 7.71. The highest BCUT2D eigenvalue weighted by Crippen LogP contribution is 2.29. The predicted octanol–water partition coefficient (Wildman–Crippen LogP) is 2.53. The van der Waals surface area contributed by atoms with E-state index < -0.39 is 0 Å². The van der Waals surface area contributed by atoms with Crippen molar-refractivity contribution >= 4 is 17.8 Å². The first-order valence-electron chi connectivity index (χ1n) is 3.91. The Morgan fingerprint density at radius 2 is 2.31 bits per heavy atom. The van der Waals surface area contributed by atoms with Crippen LogP contribution in [0.4, 0.5) is 0 Å². The van der Waals surface area contributed by atoms with E-state index >= 15 is 0 Å². The Bertz CT molecular complexity index is 381. The van der Waals surface area contributed by atoms with Crippen LogP contribution in [-0.4, -0.2) is 6.47 Å². The van der Waals surface area contributed by atoms with E-state index in [1.807, 2.05) is 23.6 Å². The van der Waals surface area contributed by atoms with Gasteiger partial charge in [0.15, 0.2) is 0 Å². The van der Waals surface area contributed by atoms with Crippen molar-refractivity contribution in [2.24, 2.45) is 0 Å². The summed E-state index contributed by atoms with van der Waals surface area (Å²) in [6.45, 7) is 0.839. The summed E-state index contributed by atoms with van der Waals surface area (Å²) in [6.07, 6.45) is 0. The predicted molar refractivity (Wildman–Crippen MR) is 51.8 cm³/mol. The molecule has 1 aliphatic carbocycles. The summed E-state index contributed by atoms with van der Waals surface area (Å²) < 4.78 is 4.71. The SMILES string of the molecule is O=COCc1ccc2csccc1-2. The quantitative estimate of drug-likeness (QED) is 0.698. The van der Waals surface area contributed by atoms with Crippen molar-refractivity contribution in [3.8, 4) is 11.1 Å². The molecule has 2 nitrogen and oxygen atoms in total. The molecule has 13 heavy (non-hydrogen) atoms. The second-order valence-electron chi connectivity index (χ2n) is 2.69. The zero-order chi connectivity index (χ0) is 9.10. The average molecular weight is 192 g/mol. The second-order valence-corrected chi connectivity index (χ2v) is 3.47. The molecule has 0 aromatic carbocycles. The van der Waals surface area contributed by atoms with Crippen LogP contribution in [0.2, 0.25) is 0 Å². The van der Waals surface area contributed by atoms with Crippen LogP contribution in [0.3, 0.4) is 0 Å². The molecule has 1 heterocycles. The molecule has 3 heteroatoms. The first-order chi connectivity index (χ1) is 6.42. The van der Waals surface area contributed by atoms with E-state index in [2.05, 4.69) is 5.38 Å². The van der Waals surface area contributed by atoms with E-state index in [0.717, 1.165) is 5.56 Å². The molecule has 0 unspecified atom stereocenters. The van der Waals surface area contributed by atoms with Gasteiger partial charge >= 0.3 is 0 Å². The fraction of sp³-hybridized carbons (Fsp3) is 0.100. The molecule has 0 radical (unpaired) electrons. The third-order valence-electron chi connectivity index (χ3n) is 1.94. The van der Waals surface area contributed by atoms with E-state index in [1.54, 1.807) is 11.3 Å². The molecule has 1 aliphatic heterocycles. The fourth-order valence-electron chi connectivity index (χ4n) is 1.33. The highest BCUT2D eigenvalue weighted by Gasteiger charge is 2.07. The minimum Gasteiger partial charge on any atom is -0.463 e. The van der Waals surface area contributed by atoms with E-state index in [9.17, 15) is 4.79 Å². The summed E-state index contributed by atoms with van der Waals surface area (Å²) in [5.41, 5.74) is 3.44. The number of carbonyl (C=O) groups is 1. The number of carbonyl (C=O) groups excluding carboxylic acids is 1. The minimum atomic E-state index is 0.363. The highest BCUT2D eigenvalue weighted by atomic mass is 32.1. The Balaban J connectivity index is 2.32. The van der Waals surface area contributed by atoms with E-state index in [4.69, 9.17) is 4.74 Å². The third-order valence-corrected chi connectivity index (χ3v) is 2.62. The van der Waals surface area contributed by atoms with Crippen molar-refractivity contribution in [3.63, 3.8) is 0 Å². The van der Waals surface area contributed by atoms with Gasteiger partial charge in [-0.1, -0.05) is 12.1 Å².